The smallest absolute Gasteiger partial charge is 0.375 e. The Kier molecular flexibility index (Phi) is 10.2. The number of rotatable bonds is 12. The first-order chi connectivity index (χ1) is 15.1. The third-order valence-electron chi connectivity index (χ3n) is 6.06. The van der Waals surface area contributed by atoms with E-state index in [1.165, 1.54) is 11.4 Å². The van der Waals surface area contributed by atoms with Gasteiger partial charge in [0.15, 0.2) is 0 Å². The number of hydrogen-bond donors (Lipinski definition) is 1. The standard InChI is InChI=1S/C23H35F3N2O3S/c1-3-7-20(8-5-4-6-17-27)31-21-13-11-19(12-14-21)28(2)32(29,30)22-15-9-18(10-16-22)23(24,25)26/h3,9-10,15-16,19-21H,1,4-8,11-14,17,27H2,2H3. The molecule has 2 N–H and O–H groups in total. The quantitative estimate of drug-likeness (QED) is 0.336. The minimum absolute atomic E-state index is 0.0767. The zero-order valence-electron chi connectivity index (χ0n) is 18.7. The molecule has 1 aliphatic rings. The van der Waals surface area contributed by atoms with Crippen LogP contribution >= 0.6 is 0 Å². The summed E-state index contributed by atoms with van der Waals surface area (Å²) >= 11 is 0. The molecule has 9 heteroatoms. The van der Waals surface area contributed by atoms with Gasteiger partial charge in [-0.2, -0.15) is 17.5 Å². The molecule has 1 aromatic rings. The van der Waals surface area contributed by atoms with Gasteiger partial charge in [-0.3, -0.25) is 0 Å². The number of ether oxygens (including phenoxy) is 1. The molecule has 0 radical (unpaired) electrons. The Morgan fingerprint density at radius 2 is 1.78 bits per heavy atom. The van der Waals surface area contributed by atoms with Gasteiger partial charge in [-0.15, -0.1) is 6.58 Å². The van der Waals surface area contributed by atoms with E-state index in [0.29, 0.717) is 19.4 Å². The van der Waals surface area contributed by atoms with E-state index in [2.05, 4.69) is 6.58 Å². The lowest BCUT2D eigenvalue weighted by atomic mass is 9.92. The van der Waals surface area contributed by atoms with Crippen molar-refractivity contribution in [2.24, 2.45) is 5.73 Å². The van der Waals surface area contributed by atoms with Gasteiger partial charge in [0.1, 0.15) is 0 Å². The van der Waals surface area contributed by atoms with Gasteiger partial charge in [0.05, 0.1) is 22.7 Å². The van der Waals surface area contributed by atoms with Gasteiger partial charge < -0.3 is 10.5 Å². The van der Waals surface area contributed by atoms with Crippen molar-refractivity contribution in [2.45, 2.75) is 87.1 Å². The van der Waals surface area contributed by atoms with Crippen LogP contribution in [-0.4, -0.2) is 44.6 Å². The summed E-state index contributed by atoms with van der Waals surface area (Å²) in [5.74, 6) is 0. The van der Waals surface area contributed by atoms with E-state index in [1.54, 1.807) is 0 Å². The fourth-order valence-corrected chi connectivity index (χ4v) is 5.53. The second kappa shape index (κ2) is 12.2. The van der Waals surface area contributed by atoms with Crippen LogP contribution in [0.1, 0.15) is 63.4 Å². The second-order valence-corrected chi connectivity index (χ2v) is 10.4. The molecule has 5 nitrogen and oxygen atoms in total. The van der Waals surface area contributed by atoms with E-state index in [9.17, 15) is 21.6 Å². The summed E-state index contributed by atoms with van der Waals surface area (Å²) in [6.07, 6.45) is 5.21. The Hall–Kier alpha value is -1.42. The number of hydrogen-bond acceptors (Lipinski definition) is 4. The van der Waals surface area contributed by atoms with Crippen LogP contribution in [-0.2, 0) is 20.9 Å². The van der Waals surface area contributed by atoms with Crippen molar-refractivity contribution in [3.05, 3.63) is 42.5 Å². The van der Waals surface area contributed by atoms with Crippen LogP contribution in [0.3, 0.4) is 0 Å². The average Bonchev–Trinajstić information content (AvgIpc) is 2.76. The molecule has 2 rings (SSSR count). The summed E-state index contributed by atoms with van der Waals surface area (Å²) in [6.45, 7) is 4.51. The van der Waals surface area contributed by atoms with E-state index < -0.39 is 21.8 Å². The van der Waals surface area contributed by atoms with Crippen molar-refractivity contribution in [3.8, 4) is 0 Å². The molecule has 0 amide bonds. The Morgan fingerprint density at radius 3 is 2.31 bits per heavy atom. The molecule has 1 aliphatic carbocycles. The molecule has 0 spiro atoms. The zero-order valence-corrected chi connectivity index (χ0v) is 19.5. The van der Waals surface area contributed by atoms with Gasteiger partial charge in [0.2, 0.25) is 10.0 Å². The molecule has 0 heterocycles. The van der Waals surface area contributed by atoms with Crippen molar-refractivity contribution in [3.63, 3.8) is 0 Å². The van der Waals surface area contributed by atoms with Crippen LogP contribution in [0.2, 0.25) is 0 Å². The molecule has 1 aromatic carbocycles. The second-order valence-electron chi connectivity index (χ2n) is 8.39. The average molecular weight is 477 g/mol. The molecule has 1 fully saturated rings. The normalized spacial score (nSPS) is 20.9. The third kappa shape index (κ3) is 7.57. The minimum atomic E-state index is -4.50. The number of nitrogens with two attached hydrogens (primary N) is 1. The Morgan fingerprint density at radius 1 is 1.16 bits per heavy atom. The number of nitrogens with zero attached hydrogens (tertiary/aromatic N) is 1. The van der Waals surface area contributed by atoms with Crippen molar-refractivity contribution < 1.29 is 26.3 Å². The first kappa shape index (κ1) is 26.8. The van der Waals surface area contributed by atoms with Crippen LogP contribution in [0, 0.1) is 0 Å². The molecule has 1 saturated carbocycles. The van der Waals surface area contributed by atoms with Gasteiger partial charge in [-0.05, 0) is 75.8 Å². The SMILES string of the molecule is C=CCC(CCCCCN)OC1CCC(N(C)S(=O)(=O)c2ccc(C(F)(F)F)cc2)CC1. The number of alkyl halides is 3. The summed E-state index contributed by atoms with van der Waals surface area (Å²) in [5.41, 5.74) is 4.68. The minimum Gasteiger partial charge on any atom is -0.375 e. The van der Waals surface area contributed by atoms with E-state index in [-0.39, 0.29) is 23.1 Å². The highest BCUT2D eigenvalue weighted by Gasteiger charge is 2.34. The highest BCUT2D eigenvalue weighted by atomic mass is 32.2. The van der Waals surface area contributed by atoms with Crippen molar-refractivity contribution in [1.82, 2.24) is 4.31 Å². The van der Waals surface area contributed by atoms with Crippen molar-refractivity contribution in [2.75, 3.05) is 13.6 Å². The van der Waals surface area contributed by atoms with E-state index in [4.69, 9.17) is 10.5 Å². The Labute approximate surface area is 189 Å². The van der Waals surface area contributed by atoms with Crippen molar-refractivity contribution >= 4 is 10.0 Å². The highest BCUT2D eigenvalue weighted by molar-refractivity contribution is 7.89. The molecule has 32 heavy (non-hydrogen) atoms. The predicted octanol–water partition coefficient (Wildman–Crippen LogP) is 5.12. The van der Waals surface area contributed by atoms with Crippen molar-refractivity contribution in [1.29, 1.82) is 0 Å². The first-order valence-corrected chi connectivity index (χ1v) is 12.6. The maximum absolute atomic E-state index is 12.9. The predicted molar refractivity (Wildman–Crippen MR) is 120 cm³/mol. The van der Waals surface area contributed by atoms with Crippen LogP contribution < -0.4 is 5.73 Å². The molecule has 0 saturated heterocycles. The molecule has 1 atom stereocenters. The van der Waals surface area contributed by atoms with E-state index in [0.717, 1.165) is 69.2 Å². The third-order valence-corrected chi connectivity index (χ3v) is 7.99. The number of halogens is 3. The molecular weight excluding hydrogens is 441 g/mol. The maximum atomic E-state index is 12.9. The largest absolute Gasteiger partial charge is 0.416 e. The van der Waals surface area contributed by atoms with Gasteiger partial charge in [-0.25, -0.2) is 8.42 Å². The first-order valence-electron chi connectivity index (χ1n) is 11.2. The Balaban J connectivity index is 1.91. The van der Waals surface area contributed by atoms with Crippen LogP contribution in [0.4, 0.5) is 13.2 Å². The summed E-state index contributed by atoms with van der Waals surface area (Å²) in [6, 6.07) is 3.45. The zero-order chi connectivity index (χ0) is 23.8. The highest BCUT2D eigenvalue weighted by Crippen LogP contribution is 2.32. The fourth-order valence-electron chi connectivity index (χ4n) is 4.12. The van der Waals surface area contributed by atoms with Crippen LogP contribution in [0.25, 0.3) is 0 Å². The Bertz CT molecular complexity index is 805. The van der Waals surface area contributed by atoms with Crippen LogP contribution in [0.15, 0.2) is 41.8 Å². The number of unbranched alkanes of at least 4 members (excludes halogenated alkanes) is 2. The molecule has 0 aromatic heterocycles. The van der Waals surface area contributed by atoms with Gasteiger partial charge >= 0.3 is 6.18 Å². The van der Waals surface area contributed by atoms with Gasteiger partial charge in [-0.1, -0.05) is 18.9 Å². The number of sulfonamides is 1. The van der Waals surface area contributed by atoms with Gasteiger partial charge in [0.25, 0.3) is 0 Å². The van der Waals surface area contributed by atoms with Crippen LogP contribution in [0.5, 0.6) is 0 Å². The monoisotopic (exact) mass is 476 g/mol. The molecule has 1 unspecified atom stereocenters. The lowest BCUT2D eigenvalue weighted by Crippen LogP contribution is -2.41. The fraction of sp³-hybridized carbons (Fsp3) is 0.652. The summed E-state index contributed by atoms with van der Waals surface area (Å²) in [5, 5.41) is 0. The topological polar surface area (TPSA) is 72.6 Å². The van der Waals surface area contributed by atoms with E-state index in [1.807, 2.05) is 6.08 Å². The maximum Gasteiger partial charge on any atom is 0.416 e. The molecular formula is C23H35F3N2O3S. The molecule has 0 aliphatic heterocycles. The summed E-state index contributed by atoms with van der Waals surface area (Å²) < 4.78 is 71.7. The summed E-state index contributed by atoms with van der Waals surface area (Å²) in [4.78, 5) is -0.130. The molecule has 182 valence electrons. The number of benzene rings is 1. The lowest BCUT2D eigenvalue weighted by Gasteiger charge is -2.35. The van der Waals surface area contributed by atoms with E-state index >= 15 is 0 Å². The summed E-state index contributed by atoms with van der Waals surface area (Å²) in [7, 11) is -2.37. The van der Waals surface area contributed by atoms with Gasteiger partial charge in [0, 0.05) is 13.1 Å². The molecule has 0 bridgehead atoms. The lowest BCUT2D eigenvalue weighted by molar-refractivity contribution is -0.137.